The van der Waals surface area contributed by atoms with Gasteiger partial charge in [0.15, 0.2) is 11.7 Å². The molecule has 0 spiro atoms. The summed E-state index contributed by atoms with van der Waals surface area (Å²) in [6, 6.07) is 14.2. The van der Waals surface area contributed by atoms with Crippen molar-refractivity contribution in [2.45, 2.75) is 50.5 Å². The summed E-state index contributed by atoms with van der Waals surface area (Å²) < 4.78 is 0. The monoisotopic (exact) mass is 424 g/mol. The maximum Gasteiger partial charge on any atom is 0.244 e. The first-order valence-corrected chi connectivity index (χ1v) is 10.9. The molecule has 2 atom stereocenters. The van der Waals surface area contributed by atoms with Crippen molar-refractivity contribution in [3.8, 4) is 0 Å². The van der Waals surface area contributed by atoms with Gasteiger partial charge in [0.2, 0.25) is 11.8 Å². The summed E-state index contributed by atoms with van der Waals surface area (Å²) in [5.41, 5.74) is 2.75. The van der Waals surface area contributed by atoms with Crippen molar-refractivity contribution < 1.29 is 14.4 Å². The number of ketones is 1. The molecule has 156 valence electrons. The minimum absolute atomic E-state index is 0.335. The molecule has 5 nitrogen and oxygen atoms in total. The van der Waals surface area contributed by atoms with Crippen LogP contribution in [0.2, 0.25) is 5.02 Å². The third-order valence-corrected chi connectivity index (χ3v) is 6.33. The lowest BCUT2D eigenvalue weighted by atomic mass is 9.84. The molecule has 0 bridgehead atoms. The molecule has 2 aromatic carbocycles. The number of halogens is 1. The van der Waals surface area contributed by atoms with Crippen LogP contribution in [-0.2, 0) is 20.8 Å². The van der Waals surface area contributed by atoms with Crippen LogP contribution in [0.1, 0.15) is 49.1 Å². The maximum absolute atomic E-state index is 12.7. The van der Waals surface area contributed by atoms with E-state index in [-0.39, 0.29) is 0 Å². The Morgan fingerprint density at radius 1 is 0.967 bits per heavy atom. The van der Waals surface area contributed by atoms with E-state index in [0.29, 0.717) is 23.0 Å². The molecule has 6 heteroatoms. The quantitative estimate of drug-likeness (QED) is 0.704. The molecule has 0 aromatic heterocycles. The number of rotatable bonds is 5. The van der Waals surface area contributed by atoms with Crippen LogP contribution in [0.25, 0.3) is 0 Å². The highest BCUT2D eigenvalue weighted by Crippen LogP contribution is 2.33. The predicted octanol–water partition coefficient (Wildman–Crippen LogP) is 4.25. The zero-order valence-electron chi connectivity index (χ0n) is 16.7. The van der Waals surface area contributed by atoms with Gasteiger partial charge in [-0.3, -0.25) is 14.4 Å². The SMILES string of the molecule is O=C(Nc1ccc(C2CCCCC2)cc1)C1C(=O)NC(Cc2ccc(Cl)cc2)C1=O. The Hall–Kier alpha value is -2.66. The molecule has 2 fully saturated rings. The molecule has 1 saturated carbocycles. The van der Waals surface area contributed by atoms with Gasteiger partial charge in [-0.05, 0) is 60.6 Å². The molecular formula is C24H25ClN2O3. The molecule has 1 aliphatic heterocycles. The number of nitrogens with one attached hydrogen (secondary N) is 2. The van der Waals surface area contributed by atoms with E-state index in [0.717, 1.165) is 5.56 Å². The van der Waals surface area contributed by atoms with Crippen LogP contribution < -0.4 is 10.6 Å². The molecule has 2 unspecified atom stereocenters. The van der Waals surface area contributed by atoms with Gasteiger partial charge >= 0.3 is 0 Å². The van der Waals surface area contributed by atoms with Gasteiger partial charge in [0, 0.05) is 10.7 Å². The zero-order chi connectivity index (χ0) is 21.1. The lowest BCUT2D eigenvalue weighted by molar-refractivity contribution is -0.135. The smallest absolute Gasteiger partial charge is 0.244 e. The number of hydrogen-bond acceptors (Lipinski definition) is 3. The number of Topliss-reactive ketones (excluding diaryl/α,β-unsaturated/α-hetero) is 1. The van der Waals surface area contributed by atoms with E-state index in [1.807, 2.05) is 36.4 Å². The Balaban J connectivity index is 1.38. The Morgan fingerprint density at radius 3 is 2.30 bits per heavy atom. The van der Waals surface area contributed by atoms with Crippen LogP contribution in [0, 0.1) is 5.92 Å². The molecule has 2 aliphatic rings. The maximum atomic E-state index is 12.7. The lowest BCUT2D eigenvalue weighted by Gasteiger charge is -2.22. The minimum Gasteiger partial charge on any atom is -0.345 e. The van der Waals surface area contributed by atoms with Gasteiger partial charge in [-0.15, -0.1) is 0 Å². The van der Waals surface area contributed by atoms with E-state index in [2.05, 4.69) is 10.6 Å². The Bertz CT molecular complexity index is 934. The highest BCUT2D eigenvalue weighted by atomic mass is 35.5. The van der Waals surface area contributed by atoms with E-state index in [4.69, 9.17) is 11.6 Å². The largest absolute Gasteiger partial charge is 0.345 e. The second-order valence-corrected chi connectivity index (χ2v) is 8.61. The molecule has 1 heterocycles. The molecule has 4 rings (SSSR count). The third-order valence-electron chi connectivity index (χ3n) is 6.08. The Morgan fingerprint density at radius 2 is 1.63 bits per heavy atom. The molecule has 0 radical (unpaired) electrons. The fraction of sp³-hybridized carbons (Fsp3) is 0.375. The number of anilines is 1. The standard InChI is InChI=1S/C24H25ClN2O3/c25-18-10-6-15(7-11-18)14-20-22(28)21(24(30)27-20)23(29)26-19-12-8-17(9-13-19)16-4-2-1-3-5-16/h6-13,16,20-21H,1-5,14H2,(H,26,29)(H,27,30). The normalized spacial score (nSPS) is 22.0. The Kier molecular flexibility index (Phi) is 6.18. The van der Waals surface area contributed by atoms with Gasteiger partial charge in [-0.25, -0.2) is 0 Å². The first-order valence-electron chi connectivity index (χ1n) is 10.5. The van der Waals surface area contributed by atoms with Crippen molar-refractivity contribution in [2.75, 3.05) is 5.32 Å². The van der Waals surface area contributed by atoms with Crippen molar-refractivity contribution in [3.63, 3.8) is 0 Å². The second kappa shape index (κ2) is 9.00. The lowest BCUT2D eigenvalue weighted by Crippen LogP contribution is -2.33. The van der Waals surface area contributed by atoms with E-state index in [1.165, 1.54) is 37.7 Å². The fourth-order valence-electron chi connectivity index (χ4n) is 4.40. The zero-order valence-corrected chi connectivity index (χ0v) is 17.5. The van der Waals surface area contributed by atoms with E-state index in [9.17, 15) is 14.4 Å². The average molecular weight is 425 g/mol. The summed E-state index contributed by atoms with van der Waals surface area (Å²) in [7, 11) is 0. The number of carbonyl (C=O) groups is 3. The van der Waals surface area contributed by atoms with Gasteiger partial charge in [0.25, 0.3) is 0 Å². The summed E-state index contributed by atoms with van der Waals surface area (Å²) >= 11 is 5.89. The van der Waals surface area contributed by atoms with E-state index >= 15 is 0 Å². The third kappa shape index (κ3) is 4.57. The number of carbonyl (C=O) groups excluding carboxylic acids is 3. The summed E-state index contributed by atoms with van der Waals surface area (Å²) in [6.07, 6.45) is 6.58. The van der Waals surface area contributed by atoms with Crippen molar-refractivity contribution >= 4 is 34.9 Å². The molecule has 30 heavy (non-hydrogen) atoms. The van der Waals surface area contributed by atoms with Gasteiger partial charge < -0.3 is 10.6 Å². The van der Waals surface area contributed by atoms with Gasteiger partial charge in [0.1, 0.15) is 0 Å². The predicted molar refractivity (Wildman–Crippen MR) is 116 cm³/mol. The van der Waals surface area contributed by atoms with E-state index < -0.39 is 29.6 Å². The van der Waals surface area contributed by atoms with Crippen molar-refractivity contribution in [1.29, 1.82) is 0 Å². The second-order valence-electron chi connectivity index (χ2n) is 8.17. The highest BCUT2D eigenvalue weighted by Gasteiger charge is 2.45. The first-order chi connectivity index (χ1) is 14.5. The van der Waals surface area contributed by atoms with Crippen LogP contribution in [0.4, 0.5) is 5.69 Å². The number of benzene rings is 2. The van der Waals surface area contributed by atoms with Crippen LogP contribution in [0.3, 0.4) is 0 Å². The topological polar surface area (TPSA) is 75.3 Å². The molecule has 1 saturated heterocycles. The summed E-state index contributed by atoms with van der Waals surface area (Å²) in [5, 5.41) is 5.99. The Labute approximate surface area is 181 Å². The van der Waals surface area contributed by atoms with E-state index in [1.54, 1.807) is 12.1 Å². The molecule has 1 aliphatic carbocycles. The van der Waals surface area contributed by atoms with Gasteiger partial charge in [0.05, 0.1) is 6.04 Å². The van der Waals surface area contributed by atoms with Gasteiger partial charge in [-0.1, -0.05) is 55.1 Å². The molecular weight excluding hydrogens is 400 g/mol. The number of hydrogen-bond donors (Lipinski definition) is 2. The summed E-state index contributed by atoms with van der Waals surface area (Å²) in [6.45, 7) is 0. The number of amides is 2. The summed E-state index contributed by atoms with van der Waals surface area (Å²) in [5.74, 6) is -2.26. The molecule has 2 amide bonds. The fourth-order valence-corrected chi connectivity index (χ4v) is 4.53. The van der Waals surface area contributed by atoms with Crippen LogP contribution in [0.5, 0.6) is 0 Å². The van der Waals surface area contributed by atoms with Crippen molar-refractivity contribution in [1.82, 2.24) is 5.32 Å². The van der Waals surface area contributed by atoms with Crippen molar-refractivity contribution in [2.24, 2.45) is 5.92 Å². The van der Waals surface area contributed by atoms with Gasteiger partial charge in [-0.2, -0.15) is 0 Å². The van der Waals surface area contributed by atoms with Crippen LogP contribution in [0.15, 0.2) is 48.5 Å². The van der Waals surface area contributed by atoms with Crippen molar-refractivity contribution in [3.05, 3.63) is 64.7 Å². The first kappa shape index (κ1) is 20.6. The molecule has 2 aromatic rings. The average Bonchev–Trinajstić information content (AvgIpc) is 3.04. The highest BCUT2D eigenvalue weighted by molar-refractivity contribution is 6.30. The van der Waals surface area contributed by atoms with Crippen LogP contribution >= 0.6 is 11.6 Å². The molecule has 2 N–H and O–H groups in total. The summed E-state index contributed by atoms with van der Waals surface area (Å²) in [4.78, 5) is 37.7. The van der Waals surface area contributed by atoms with Crippen LogP contribution in [-0.4, -0.2) is 23.6 Å². The minimum atomic E-state index is -1.32.